The van der Waals surface area contributed by atoms with Gasteiger partial charge in [-0.25, -0.2) is 0 Å². The zero-order valence-corrected chi connectivity index (χ0v) is 13.6. The molecule has 0 spiro atoms. The van der Waals surface area contributed by atoms with Crippen molar-refractivity contribution in [2.45, 2.75) is 61.4 Å². The van der Waals surface area contributed by atoms with Gasteiger partial charge in [-0.1, -0.05) is 60.8 Å². The fraction of sp³-hybridized carbons (Fsp3) is 0.562. The SMILES string of the molecule is C=Cc1cn(C(C)C)nc1C=C.CC.CC.CC. The van der Waals surface area contributed by atoms with Gasteiger partial charge in [0.05, 0.1) is 5.69 Å². The molecule has 0 bridgehead atoms. The Morgan fingerprint density at radius 2 is 1.44 bits per heavy atom. The first-order valence-electron chi connectivity index (χ1n) is 7.03. The number of rotatable bonds is 3. The van der Waals surface area contributed by atoms with Crippen LogP contribution in [0.1, 0.15) is 72.7 Å². The van der Waals surface area contributed by atoms with Crippen LogP contribution >= 0.6 is 0 Å². The maximum atomic E-state index is 4.33. The molecule has 0 aromatic carbocycles. The molecule has 0 radical (unpaired) electrons. The summed E-state index contributed by atoms with van der Waals surface area (Å²) in [5.74, 6) is 0. The molecule has 0 aliphatic heterocycles. The molecule has 0 aliphatic rings. The fourth-order valence-electron chi connectivity index (χ4n) is 1.00. The van der Waals surface area contributed by atoms with Gasteiger partial charge in [-0.3, -0.25) is 4.68 Å². The van der Waals surface area contributed by atoms with Crippen LogP contribution in [0.4, 0.5) is 0 Å². The number of aromatic nitrogens is 2. The van der Waals surface area contributed by atoms with Crippen molar-refractivity contribution in [3.63, 3.8) is 0 Å². The molecule has 2 heteroatoms. The van der Waals surface area contributed by atoms with E-state index in [9.17, 15) is 0 Å². The Bertz CT molecular complexity index is 271. The van der Waals surface area contributed by atoms with Crippen molar-refractivity contribution in [3.05, 3.63) is 30.6 Å². The fourth-order valence-corrected chi connectivity index (χ4v) is 1.00. The Morgan fingerprint density at radius 1 is 1.00 bits per heavy atom. The van der Waals surface area contributed by atoms with Gasteiger partial charge in [0.1, 0.15) is 0 Å². The molecule has 0 saturated heterocycles. The lowest BCUT2D eigenvalue weighted by atomic mass is 10.2. The van der Waals surface area contributed by atoms with E-state index in [2.05, 4.69) is 32.1 Å². The van der Waals surface area contributed by atoms with Gasteiger partial charge < -0.3 is 0 Å². The van der Waals surface area contributed by atoms with Crippen molar-refractivity contribution in [2.75, 3.05) is 0 Å². The van der Waals surface area contributed by atoms with E-state index in [1.807, 2.05) is 52.4 Å². The zero-order chi connectivity index (χ0) is 15.1. The monoisotopic (exact) mass is 252 g/mol. The molecule has 0 saturated carbocycles. The van der Waals surface area contributed by atoms with Crippen LogP contribution in [0, 0.1) is 0 Å². The largest absolute Gasteiger partial charge is 0.269 e. The van der Waals surface area contributed by atoms with Gasteiger partial charge in [0.25, 0.3) is 0 Å². The van der Waals surface area contributed by atoms with Crippen LogP contribution in [-0.4, -0.2) is 9.78 Å². The summed E-state index contributed by atoms with van der Waals surface area (Å²) in [4.78, 5) is 0. The first-order chi connectivity index (χ1) is 8.69. The lowest BCUT2D eigenvalue weighted by Crippen LogP contribution is -2.00. The van der Waals surface area contributed by atoms with E-state index in [4.69, 9.17) is 0 Å². The van der Waals surface area contributed by atoms with Crippen molar-refractivity contribution in [1.82, 2.24) is 9.78 Å². The molecule has 2 nitrogen and oxygen atoms in total. The second kappa shape index (κ2) is 15.7. The van der Waals surface area contributed by atoms with E-state index < -0.39 is 0 Å². The highest BCUT2D eigenvalue weighted by molar-refractivity contribution is 5.59. The quantitative estimate of drug-likeness (QED) is 0.662. The van der Waals surface area contributed by atoms with Crippen LogP contribution in [0.3, 0.4) is 0 Å². The topological polar surface area (TPSA) is 17.8 Å². The predicted octanol–water partition coefficient (Wildman–Crippen LogP) is 5.83. The summed E-state index contributed by atoms with van der Waals surface area (Å²) in [5.41, 5.74) is 1.94. The van der Waals surface area contributed by atoms with E-state index in [-0.39, 0.29) is 0 Å². The minimum Gasteiger partial charge on any atom is -0.269 e. The third-order valence-electron chi connectivity index (χ3n) is 1.73. The molecule has 0 unspecified atom stereocenters. The second-order valence-electron chi connectivity index (χ2n) is 2.95. The summed E-state index contributed by atoms with van der Waals surface area (Å²) >= 11 is 0. The smallest absolute Gasteiger partial charge is 0.0917 e. The lowest BCUT2D eigenvalue weighted by Gasteiger charge is -2.02. The molecule has 1 aromatic rings. The van der Waals surface area contributed by atoms with E-state index in [0.717, 1.165) is 11.3 Å². The van der Waals surface area contributed by atoms with Crippen LogP contribution in [0.5, 0.6) is 0 Å². The first kappa shape index (κ1) is 21.9. The van der Waals surface area contributed by atoms with E-state index >= 15 is 0 Å². The number of hydrogen-bond acceptors (Lipinski definition) is 1. The highest BCUT2D eigenvalue weighted by atomic mass is 15.3. The van der Waals surface area contributed by atoms with Crippen molar-refractivity contribution < 1.29 is 0 Å². The summed E-state index contributed by atoms with van der Waals surface area (Å²) < 4.78 is 1.91. The number of hydrogen-bond donors (Lipinski definition) is 0. The molecule has 0 N–H and O–H groups in total. The predicted molar refractivity (Wildman–Crippen MR) is 86.8 cm³/mol. The Labute approximate surface area is 114 Å². The maximum absolute atomic E-state index is 4.33. The second-order valence-corrected chi connectivity index (χ2v) is 2.95. The zero-order valence-electron chi connectivity index (χ0n) is 13.6. The van der Waals surface area contributed by atoms with E-state index in [1.165, 1.54) is 0 Å². The molecule has 106 valence electrons. The number of nitrogens with zero attached hydrogens (tertiary/aromatic N) is 2. The molecule has 1 heterocycles. The Balaban J connectivity index is -0.000000328. The molecule has 0 atom stereocenters. The molecule has 18 heavy (non-hydrogen) atoms. The third-order valence-corrected chi connectivity index (χ3v) is 1.73. The van der Waals surface area contributed by atoms with Crippen LogP contribution in [0.2, 0.25) is 0 Å². The maximum Gasteiger partial charge on any atom is 0.0917 e. The highest BCUT2D eigenvalue weighted by Gasteiger charge is 2.04. The highest BCUT2D eigenvalue weighted by Crippen LogP contribution is 2.12. The van der Waals surface area contributed by atoms with Gasteiger partial charge in [-0.15, -0.1) is 0 Å². The van der Waals surface area contributed by atoms with E-state index in [1.54, 1.807) is 12.2 Å². The van der Waals surface area contributed by atoms with Gasteiger partial charge >= 0.3 is 0 Å². The molecular weight excluding hydrogens is 220 g/mol. The first-order valence-corrected chi connectivity index (χ1v) is 7.03. The minimum atomic E-state index is 0.386. The molecule has 1 rings (SSSR count). The standard InChI is InChI=1S/C10H14N2.3C2H6/c1-5-9-7-12(8(3)4)11-10(9)6-2;3*1-2/h5-8H,1-2H2,3-4H3;3*1-2H3. The van der Waals surface area contributed by atoms with Crippen LogP contribution in [0.25, 0.3) is 12.2 Å². The summed E-state index contributed by atoms with van der Waals surface area (Å²) in [6.45, 7) is 23.6. The normalized spacial score (nSPS) is 7.83. The summed E-state index contributed by atoms with van der Waals surface area (Å²) in [5, 5.41) is 4.33. The Kier molecular flexibility index (Phi) is 19.1. The van der Waals surface area contributed by atoms with Gasteiger partial charge in [-0.2, -0.15) is 5.10 Å². The van der Waals surface area contributed by atoms with Crippen molar-refractivity contribution in [1.29, 1.82) is 0 Å². The molecule has 0 fully saturated rings. The summed E-state index contributed by atoms with van der Waals surface area (Å²) in [6.07, 6.45) is 5.52. The third kappa shape index (κ3) is 7.88. The average Bonchev–Trinajstić information content (AvgIpc) is 2.89. The molecular formula is C16H32N2. The van der Waals surface area contributed by atoms with Crippen molar-refractivity contribution in [3.8, 4) is 0 Å². The van der Waals surface area contributed by atoms with Gasteiger partial charge in [0, 0.05) is 17.8 Å². The minimum absolute atomic E-state index is 0.386. The Morgan fingerprint density at radius 3 is 1.67 bits per heavy atom. The lowest BCUT2D eigenvalue weighted by molar-refractivity contribution is 0.531. The average molecular weight is 252 g/mol. The van der Waals surface area contributed by atoms with Gasteiger partial charge in [0.15, 0.2) is 0 Å². The molecule has 0 amide bonds. The van der Waals surface area contributed by atoms with Crippen molar-refractivity contribution in [2.24, 2.45) is 0 Å². The Hall–Kier alpha value is -1.31. The van der Waals surface area contributed by atoms with Gasteiger partial charge in [-0.05, 0) is 19.9 Å². The summed E-state index contributed by atoms with van der Waals surface area (Å²) in [6, 6.07) is 0.386. The molecule has 0 aliphatic carbocycles. The summed E-state index contributed by atoms with van der Waals surface area (Å²) in [7, 11) is 0. The van der Waals surface area contributed by atoms with Crippen LogP contribution in [0.15, 0.2) is 19.4 Å². The van der Waals surface area contributed by atoms with Gasteiger partial charge in [0.2, 0.25) is 0 Å². The molecule has 1 aromatic heterocycles. The van der Waals surface area contributed by atoms with E-state index in [0.29, 0.717) is 6.04 Å². The van der Waals surface area contributed by atoms with Crippen molar-refractivity contribution >= 4 is 12.2 Å². The van der Waals surface area contributed by atoms with Crippen LogP contribution < -0.4 is 0 Å². The van der Waals surface area contributed by atoms with Crippen LogP contribution in [-0.2, 0) is 0 Å².